The van der Waals surface area contributed by atoms with Crippen molar-refractivity contribution in [1.82, 2.24) is 14.9 Å². The summed E-state index contributed by atoms with van der Waals surface area (Å²) in [4.78, 5) is 34.3. The highest BCUT2D eigenvalue weighted by Crippen LogP contribution is 2.32. The zero-order valence-electron chi connectivity index (χ0n) is 12.4. The summed E-state index contributed by atoms with van der Waals surface area (Å²) in [5.41, 5.74) is 1.92. The van der Waals surface area contributed by atoms with Gasteiger partial charge in [-0.15, -0.1) is 0 Å². The van der Waals surface area contributed by atoms with Crippen molar-refractivity contribution in [2.24, 2.45) is 5.92 Å². The van der Waals surface area contributed by atoms with E-state index in [1.165, 1.54) is 18.3 Å². The number of nitrogens with zero attached hydrogens (tertiary/aromatic N) is 3. The topological polar surface area (TPSA) is 75.2 Å². The first-order chi connectivity index (χ1) is 10.5. The molecule has 1 aliphatic heterocycles. The normalized spacial score (nSPS) is 14.5. The first kappa shape index (κ1) is 14.6. The first-order valence-electron chi connectivity index (χ1n) is 6.99. The minimum absolute atomic E-state index is 0.00844. The Morgan fingerprint density at radius 1 is 1.32 bits per heavy atom. The van der Waals surface area contributed by atoms with Crippen molar-refractivity contribution < 1.29 is 9.59 Å². The summed E-state index contributed by atoms with van der Waals surface area (Å²) in [7, 11) is 0. The van der Waals surface area contributed by atoms with E-state index in [1.54, 1.807) is 17.3 Å². The van der Waals surface area contributed by atoms with Crippen LogP contribution in [0.1, 0.15) is 12.6 Å². The molecule has 3 heterocycles. The third-order valence-corrected chi connectivity index (χ3v) is 4.79. The Morgan fingerprint density at radius 3 is 2.64 bits per heavy atom. The number of rotatable bonds is 3. The van der Waals surface area contributed by atoms with Crippen LogP contribution in [0.5, 0.6) is 0 Å². The van der Waals surface area contributed by atoms with Crippen molar-refractivity contribution in [3.63, 3.8) is 0 Å². The van der Waals surface area contributed by atoms with Crippen LogP contribution in [-0.2, 0) is 9.59 Å². The lowest BCUT2D eigenvalue weighted by molar-refractivity contribution is -0.139. The van der Waals surface area contributed by atoms with E-state index < -0.39 is 0 Å². The monoisotopic (exact) mass is 316 g/mol. The van der Waals surface area contributed by atoms with Crippen LogP contribution in [-0.4, -0.2) is 39.8 Å². The molecule has 0 atom stereocenters. The number of likely N-dealkylation sites (tertiary alicyclic amines) is 1. The highest BCUT2D eigenvalue weighted by atomic mass is 32.1. The summed E-state index contributed by atoms with van der Waals surface area (Å²) < 4.78 is 0. The molecule has 3 rings (SSSR count). The van der Waals surface area contributed by atoms with Crippen LogP contribution in [0.25, 0.3) is 10.4 Å². The molecule has 1 saturated heterocycles. The summed E-state index contributed by atoms with van der Waals surface area (Å²) in [6.45, 7) is 4.41. The number of amides is 2. The number of thiazole rings is 1. The summed E-state index contributed by atoms with van der Waals surface area (Å²) in [5.74, 6) is -0.209. The van der Waals surface area contributed by atoms with E-state index in [1.807, 2.05) is 19.1 Å². The van der Waals surface area contributed by atoms with Gasteiger partial charge in [0.15, 0.2) is 5.13 Å². The Morgan fingerprint density at radius 2 is 2.00 bits per heavy atom. The third-order valence-electron chi connectivity index (χ3n) is 3.67. The molecule has 0 unspecified atom stereocenters. The number of carbonyl (C=O) groups is 2. The fourth-order valence-corrected chi connectivity index (χ4v) is 3.30. The van der Waals surface area contributed by atoms with Gasteiger partial charge < -0.3 is 10.2 Å². The second-order valence-corrected chi connectivity index (χ2v) is 6.28. The molecular formula is C15H16N4O2S. The number of aryl methyl sites for hydroxylation is 1. The van der Waals surface area contributed by atoms with E-state index >= 15 is 0 Å². The average molecular weight is 316 g/mol. The number of hydrogen-bond acceptors (Lipinski definition) is 5. The molecule has 2 aromatic rings. The average Bonchev–Trinajstić information content (AvgIpc) is 2.78. The van der Waals surface area contributed by atoms with Gasteiger partial charge in [-0.2, -0.15) is 0 Å². The first-order valence-corrected chi connectivity index (χ1v) is 7.80. The van der Waals surface area contributed by atoms with E-state index in [2.05, 4.69) is 15.3 Å². The number of hydrogen-bond donors (Lipinski definition) is 1. The molecule has 2 amide bonds. The fraction of sp³-hybridized carbons (Fsp3) is 0.333. The van der Waals surface area contributed by atoms with Gasteiger partial charge in [0.2, 0.25) is 11.8 Å². The lowest BCUT2D eigenvalue weighted by atomic mass is 9.99. The molecule has 0 saturated carbocycles. The van der Waals surface area contributed by atoms with E-state index in [9.17, 15) is 9.59 Å². The van der Waals surface area contributed by atoms with Gasteiger partial charge in [0.1, 0.15) is 0 Å². The van der Waals surface area contributed by atoms with Crippen LogP contribution in [0.15, 0.2) is 24.5 Å². The molecule has 1 N–H and O–H groups in total. The molecule has 6 nitrogen and oxygen atoms in total. The van der Waals surface area contributed by atoms with Gasteiger partial charge in [0.25, 0.3) is 0 Å². The van der Waals surface area contributed by atoms with E-state index in [4.69, 9.17) is 0 Å². The fourth-order valence-electron chi connectivity index (χ4n) is 2.33. The SMILES string of the molecule is CC(=O)N1CC(C(=O)Nc2nc(C)c(-c3ccncc3)s2)C1. The number of nitrogens with one attached hydrogen (secondary N) is 1. The molecule has 7 heteroatoms. The zero-order valence-corrected chi connectivity index (χ0v) is 13.2. The molecule has 2 aromatic heterocycles. The maximum atomic E-state index is 12.1. The summed E-state index contributed by atoms with van der Waals surface area (Å²) in [6, 6.07) is 3.84. The Balaban J connectivity index is 1.67. The number of anilines is 1. The lowest BCUT2D eigenvalue weighted by Crippen LogP contribution is -2.53. The minimum Gasteiger partial charge on any atom is -0.341 e. The van der Waals surface area contributed by atoms with Crippen LogP contribution in [0.3, 0.4) is 0 Å². The highest BCUT2D eigenvalue weighted by molar-refractivity contribution is 7.19. The van der Waals surface area contributed by atoms with Crippen molar-refractivity contribution in [3.05, 3.63) is 30.2 Å². The van der Waals surface area contributed by atoms with Crippen LogP contribution >= 0.6 is 11.3 Å². The predicted octanol–water partition coefficient (Wildman–Crippen LogP) is 1.93. The Kier molecular flexibility index (Phi) is 3.89. The van der Waals surface area contributed by atoms with Crippen LogP contribution in [0, 0.1) is 12.8 Å². The molecule has 114 valence electrons. The van der Waals surface area contributed by atoms with Crippen LogP contribution < -0.4 is 5.32 Å². The summed E-state index contributed by atoms with van der Waals surface area (Å²) >= 11 is 1.45. The van der Waals surface area contributed by atoms with Gasteiger partial charge >= 0.3 is 0 Å². The van der Waals surface area contributed by atoms with Crippen molar-refractivity contribution >= 4 is 28.3 Å². The van der Waals surface area contributed by atoms with Crippen LogP contribution in [0.4, 0.5) is 5.13 Å². The van der Waals surface area contributed by atoms with E-state index in [0.717, 1.165) is 16.1 Å². The van der Waals surface area contributed by atoms with Gasteiger partial charge in [0, 0.05) is 32.4 Å². The Labute approximate surface area is 132 Å². The largest absolute Gasteiger partial charge is 0.341 e. The highest BCUT2D eigenvalue weighted by Gasteiger charge is 2.34. The van der Waals surface area contributed by atoms with Crippen molar-refractivity contribution in [2.45, 2.75) is 13.8 Å². The predicted molar refractivity (Wildman–Crippen MR) is 84.5 cm³/mol. The molecule has 1 fully saturated rings. The van der Waals surface area contributed by atoms with Gasteiger partial charge in [0.05, 0.1) is 16.5 Å². The third kappa shape index (κ3) is 2.85. The van der Waals surface area contributed by atoms with E-state index in [0.29, 0.717) is 18.2 Å². The van der Waals surface area contributed by atoms with Gasteiger partial charge in [-0.25, -0.2) is 4.98 Å². The molecule has 0 bridgehead atoms. The maximum absolute atomic E-state index is 12.1. The van der Waals surface area contributed by atoms with Crippen LogP contribution in [0.2, 0.25) is 0 Å². The zero-order chi connectivity index (χ0) is 15.7. The number of pyridine rings is 1. The molecule has 0 radical (unpaired) electrons. The maximum Gasteiger partial charge on any atom is 0.232 e. The second-order valence-electron chi connectivity index (χ2n) is 5.28. The molecule has 0 aliphatic carbocycles. The van der Waals surface area contributed by atoms with Gasteiger partial charge in [-0.1, -0.05) is 11.3 Å². The van der Waals surface area contributed by atoms with Crippen molar-refractivity contribution in [2.75, 3.05) is 18.4 Å². The molecule has 0 aromatic carbocycles. The lowest BCUT2D eigenvalue weighted by Gasteiger charge is -2.37. The number of carbonyl (C=O) groups excluding carboxylic acids is 2. The number of aromatic nitrogens is 2. The summed E-state index contributed by atoms with van der Waals surface area (Å²) in [6.07, 6.45) is 3.47. The smallest absolute Gasteiger partial charge is 0.232 e. The van der Waals surface area contributed by atoms with Gasteiger partial charge in [-0.05, 0) is 24.6 Å². The Bertz CT molecular complexity index is 708. The molecule has 22 heavy (non-hydrogen) atoms. The minimum atomic E-state index is -0.141. The van der Waals surface area contributed by atoms with E-state index in [-0.39, 0.29) is 17.7 Å². The standard InChI is InChI=1S/C15H16N4O2S/c1-9-13(11-3-5-16-6-4-11)22-15(17-9)18-14(21)12-7-19(8-12)10(2)20/h3-6,12H,7-8H2,1-2H3,(H,17,18,21). The van der Waals surface area contributed by atoms with Crippen molar-refractivity contribution in [1.29, 1.82) is 0 Å². The van der Waals surface area contributed by atoms with Gasteiger partial charge in [-0.3, -0.25) is 14.6 Å². The Hall–Kier alpha value is -2.28. The molecular weight excluding hydrogens is 300 g/mol. The quantitative estimate of drug-likeness (QED) is 0.939. The molecule has 1 aliphatic rings. The summed E-state index contributed by atoms with van der Waals surface area (Å²) in [5, 5.41) is 3.44. The van der Waals surface area contributed by atoms with Crippen molar-refractivity contribution in [3.8, 4) is 10.4 Å². The second kappa shape index (κ2) is 5.84. The molecule has 0 spiro atoms.